The van der Waals surface area contributed by atoms with Gasteiger partial charge in [0.1, 0.15) is 5.75 Å². The molecule has 0 unspecified atom stereocenters. The molecule has 0 fully saturated rings. The van der Waals surface area contributed by atoms with E-state index in [2.05, 4.69) is 6.92 Å². The van der Waals surface area contributed by atoms with Crippen LogP contribution in [-0.2, 0) is 11.2 Å². The number of aliphatic hydroxyl groups excluding tert-OH is 1. The number of benzene rings is 1. The lowest BCUT2D eigenvalue weighted by atomic mass is 10.1. The molecule has 0 bridgehead atoms. The zero-order chi connectivity index (χ0) is 15.5. The third-order valence-electron chi connectivity index (χ3n) is 3.55. The summed E-state index contributed by atoms with van der Waals surface area (Å²) in [6, 6.07) is 7.75. The van der Waals surface area contributed by atoms with E-state index in [4.69, 9.17) is 9.84 Å². The van der Waals surface area contributed by atoms with Gasteiger partial charge < -0.3 is 9.84 Å². The van der Waals surface area contributed by atoms with Gasteiger partial charge in [0.2, 0.25) is 0 Å². The Balaban J connectivity index is 2.31. The number of unbranched alkanes of at least 4 members (excludes halogenated alkanes) is 4. The maximum atomic E-state index is 11.6. The molecule has 0 aliphatic rings. The van der Waals surface area contributed by atoms with E-state index >= 15 is 0 Å². The number of aryl methyl sites for hydroxylation is 1. The Morgan fingerprint density at radius 1 is 1.14 bits per heavy atom. The van der Waals surface area contributed by atoms with Crippen LogP contribution in [0.15, 0.2) is 24.3 Å². The molecular formula is C18H28O3. The molecule has 0 amide bonds. The highest BCUT2D eigenvalue weighted by molar-refractivity contribution is 5.72. The van der Waals surface area contributed by atoms with Gasteiger partial charge in [-0.3, -0.25) is 4.79 Å². The molecule has 0 aromatic heterocycles. The van der Waals surface area contributed by atoms with Crippen LogP contribution in [0.1, 0.15) is 57.9 Å². The number of carbonyl (C=O) groups excluding carboxylic acids is 1. The standard InChI is InChI=1S/C18H28O3/c1-3-4-5-6-7-8-16-9-11-17(12-10-16)21-18(20)13-15(2)14-19/h9-12,15,19H,3-8,13-14H2,1-2H3/t15-/m0/s1. The summed E-state index contributed by atoms with van der Waals surface area (Å²) in [7, 11) is 0. The predicted octanol–water partition coefficient (Wildman–Crippen LogP) is 4.12. The second-order valence-corrected chi connectivity index (χ2v) is 5.77. The number of aliphatic hydroxyl groups is 1. The fourth-order valence-electron chi connectivity index (χ4n) is 2.18. The Morgan fingerprint density at radius 2 is 1.81 bits per heavy atom. The van der Waals surface area contributed by atoms with E-state index in [0.717, 1.165) is 6.42 Å². The van der Waals surface area contributed by atoms with Crippen LogP contribution in [0.3, 0.4) is 0 Å². The smallest absolute Gasteiger partial charge is 0.311 e. The highest BCUT2D eigenvalue weighted by atomic mass is 16.5. The van der Waals surface area contributed by atoms with Crippen LogP contribution in [0.25, 0.3) is 0 Å². The summed E-state index contributed by atoms with van der Waals surface area (Å²) < 4.78 is 5.25. The normalized spacial score (nSPS) is 12.1. The van der Waals surface area contributed by atoms with Crippen molar-refractivity contribution in [2.45, 2.75) is 58.8 Å². The number of esters is 1. The zero-order valence-corrected chi connectivity index (χ0v) is 13.3. The van der Waals surface area contributed by atoms with Crippen LogP contribution in [0, 0.1) is 5.92 Å². The van der Waals surface area contributed by atoms with Crippen molar-refractivity contribution in [3.63, 3.8) is 0 Å². The molecule has 1 atom stereocenters. The van der Waals surface area contributed by atoms with Gasteiger partial charge in [-0.25, -0.2) is 0 Å². The monoisotopic (exact) mass is 292 g/mol. The Morgan fingerprint density at radius 3 is 2.43 bits per heavy atom. The Hall–Kier alpha value is -1.35. The lowest BCUT2D eigenvalue weighted by Gasteiger charge is -2.08. The lowest BCUT2D eigenvalue weighted by molar-refractivity contribution is -0.135. The Kier molecular flexibility index (Phi) is 8.76. The molecule has 0 aliphatic heterocycles. The van der Waals surface area contributed by atoms with Crippen molar-refractivity contribution in [2.75, 3.05) is 6.61 Å². The number of hydrogen-bond donors (Lipinski definition) is 1. The summed E-state index contributed by atoms with van der Waals surface area (Å²) in [5.74, 6) is 0.239. The van der Waals surface area contributed by atoms with E-state index in [9.17, 15) is 4.79 Å². The maximum absolute atomic E-state index is 11.6. The SMILES string of the molecule is CCCCCCCc1ccc(OC(=O)C[C@H](C)CO)cc1. The summed E-state index contributed by atoms with van der Waals surface area (Å²) in [4.78, 5) is 11.6. The summed E-state index contributed by atoms with van der Waals surface area (Å²) in [5, 5.41) is 8.91. The Labute approximate surface area is 128 Å². The van der Waals surface area contributed by atoms with Gasteiger partial charge in [0.15, 0.2) is 0 Å². The first-order chi connectivity index (χ1) is 10.2. The molecule has 21 heavy (non-hydrogen) atoms. The molecule has 0 radical (unpaired) electrons. The van der Waals surface area contributed by atoms with Crippen molar-refractivity contribution in [1.82, 2.24) is 0 Å². The van der Waals surface area contributed by atoms with Crippen molar-refractivity contribution < 1.29 is 14.6 Å². The molecule has 118 valence electrons. The largest absolute Gasteiger partial charge is 0.427 e. The van der Waals surface area contributed by atoms with Crippen LogP contribution in [0.2, 0.25) is 0 Å². The highest BCUT2D eigenvalue weighted by Crippen LogP contribution is 2.16. The van der Waals surface area contributed by atoms with Gasteiger partial charge >= 0.3 is 5.97 Å². The van der Waals surface area contributed by atoms with Gasteiger partial charge in [-0.05, 0) is 36.5 Å². The number of carbonyl (C=O) groups is 1. The topological polar surface area (TPSA) is 46.5 Å². The average Bonchev–Trinajstić information content (AvgIpc) is 2.48. The molecule has 0 spiro atoms. The van der Waals surface area contributed by atoms with Gasteiger partial charge in [0.05, 0.1) is 6.42 Å². The van der Waals surface area contributed by atoms with Crippen LogP contribution in [0.5, 0.6) is 5.75 Å². The van der Waals surface area contributed by atoms with Gasteiger partial charge in [-0.1, -0.05) is 51.7 Å². The summed E-state index contributed by atoms with van der Waals surface area (Å²) >= 11 is 0. The summed E-state index contributed by atoms with van der Waals surface area (Å²) in [5.41, 5.74) is 1.29. The first kappa shape index (κ1) is 17.7. The van der Waals surface area contributed by atoms with Gasteiger partial charge in [-0.15, -0.1) is 0 Å². The van der Waals surface area contributed by atoms with Crippen LogP contribution in [0.4, 0.5) is 0 Å². The number of ether oxygens (including phenoxy) is 1. The molecule has 1 aromatic rings. The second-order valence-electron chi connectivity index (χ2n) is 5.77. The second kappa shape index (κ2) is 10.4. The van der Waals surface area contributed by atoms with Gasteiger partial charge in [0, 0.05) is 6.61 Å². The molecule has 1 aromatic carbocycles. The highest BCUT2D eigenvalue weighted by Gasteiger charge is 2.10. The van der Waals surface area contributed by atoms with Crippen molar-refractivity contribution in [2.24, 2.45) is 5.92 Å². The molecule has 1 N–H and O–H groups in total. The fourth-order valence-corrected chi connectivity index (χ4v) is 2.18. The summed E-state index contributed by atoms with van der Waals surface area (Å²) in [6.45, 7) is 4.05. The van der Waals surface area contributed by atoms with Crippen LogP contribution >= 0.6 is 0 Å². The fraction of sp³-hybridized carbons (Fsp3) is 0.611. The summed E-state index contributed by atoms with van der Waals surface area (Å²) in [6.07, 6.45) is 7.73. The molecule has 0 saturated heterocycles. The third-order valence-corrected chi connectivity index (χ3v) is 3.55. The van der Waals surface area contributed by atoms with Crippen molar-refractivity contribution in [1.29, 1.82) is 0 Å². The number of rotatable bonds is 10. The van der Waals surface area contributed by atoms with E-state index in [1.165, 1.54) is 37.7 Å². The van der Waals surface area contributed by atoms with Crippen molar-refractivity contribution in [3.8, 4) is 5.75 Å². The molecule has 1 rings (SSSR count). The quantitative estimate of drug-likeness (QED) is 0.401. The van der Waals surface area contributed by atoms with E-state index in [1.54, 1.807) is 0 Å². The third kappa shape index (κ3) is 7.86. The molecular weight excluding hydrogens is 264 g/mol. The molecule has 0 heterocycles. The minimum Gasteiger partial charge on any atom is -0.427 e. The molecule has 0 saturated carbocycles. The average molecular weight is 292 g/mol. The first-order valence-corrected chi connectivity index (χ1v) is 8.06. The van der Waals surface area contributed by atoms with E-state index in [0.29, 0.717) is 5.75 Å². The molecule has 0 aliphatic carbocycles. The maximum Gasteiger partial charge on any atom is 0.311 e. The zero-order valence-electron chi connectivity index (χ0n) is 13.3. The number of hydrogen-bond acceptors (Lipinski definition) is 3. The first-order valence-electron chi connectivity index (χ1n) is 8.06. The Bertz CT molecular complexity index is 397. The van der Waals surface area contributed by atoms with E-state index in [1.807, 2.05) is 31.2 Å². The van der Waals surface area contributed by atoms with E-state index < -0.39 is 0 Å². The minimum absolute atomic E-state index is 0.00602. The van der Waals surface area contributed by atoms with E-state index in [-0.39, 0.29) is 24.9 Å². The van der Waals surface area contributed by atoms with Crippen molar-refractivity contribution >= 4 is 5.97 Å². The van der Waals surface area contributed by atoms with Crippen molar-refractivity contribution in [3.05, 3.63) is 29.8 Å². The minimum atomic E-state index is -0.288. The van der Waals surface area contributed by atoms with Crippen LogP contribution in [-0.4, -0.2) is 17.7 Å². The van der Waals surface area contributed by atoms with Gasteiger partial charge in [0.25, 0.3) is 0 Å². The van der Waals surface area contributed by atoms with Crippen LogP contribution < -0.4 is 4.74 Å². The molecule has 3 nitrogen and oxygen atoms in total. The molecule has 3 heteroatoms. The van der Waals surface area contributed by atoms with Gasteiger partial charge in [-0.2, -0.15) is 0 Å². The predicted molar refractivity (Wildman–Crippen MR) is 85.4 cm³/mol. The lowest BCUT2D eigenvalue weighted by Crippen LogP contribution is -2.14.